The Labute approximate surface area is 167 Å². The fourth-order valence-electron chi connectivity index (χ4n) is 3.57. The molecule has 1 saturated heterocycles. The Morgan fingerprint density at radius 3 is 2.29 bits per heavy atom. The quantitative estimate of drug-likeness (QED) is 0.802. The van der Waals surface area contributed by atoms with Gasteiger partial charge < -0.3 is 15.1 Å². The molecule has 0 spiro atoms. The van der Waals surface area contributed by atoms with E-state index < -0.39 is 0 Å². The number of anilines is 2. The predicted octanol–water partition coefficient (Wildman–Crippen LogP) is 3.39. The van der Waals surface area contributed by atoms with Gasteiger partial charge in [-0.15, -0.1) is 0 Å². The zero-order valence-electron chi connectivity index (χ0n) is 16.6. The Balaban J connectivity index is 1.55. The summed E-state index contributed by atoms with van der Waals surface area (Å²) in [7, 11) is 0. The van der Waals surface area contributed by atoms with Crippen molar-refractivity contribution in [2.24, 2.45) is 0 Å². The molecule has 1 fully saturated rings. The first-order valence-electron chi connectivity index (χ1n) is 10.1. The molecule has 5 heteroatoms. The molecule has 2 aromatic carbocycles. The van der Waals surface area contributed by atoms with E-state index in [2.05, 4.69) is 10.2 Å². The number of carbonyl (C=O) groups excluding carboxylic acids is 2. The van der Waals surface area contributed by atoms with E-state index in [1.165, 1.54) is 42.3 Å². The number of carbonyl (C=O) groups is 2. The standard InChI is InChI=1S/C23H29N3O2/c1-19(27)26(18-23(28)24-15-14-20-8-4-2-5-9-20)22-12-10-21(11-13-22)25-16-6-3-7-17-25/h2,4-5,8-13H,3,6-7,14-18H2,1H3,(H,24,28). The second-order valence-corrected chi connectivity index (χ2v) is 7.25. The van der Waals surface area contributed by atoms with Crippen molar-refractivity contribution in [2.45, 2.75) is 32.6 Å². The van der Waals surface area contributed by atoms with E-state index in [1.807, 2.05) is 54.6 Å². The van der Waals surface area contributed by atoms with Crippen LogP contribution in [0.4, 0.5) is 11.4 Å². The zero-order chi connectivity index (χ0) is 19.8. The lowest BCUT2D eigenvalue weighted by Gasteiger charge is -2.29. The van der Waals surface area contributed by atoms with Crippen molar-refractivity contribution in [3.63, 3.8) is 0 Å². The van der Waals surface area contributed by atoms with Crippen molar-refractivity contribution in [1.29, 1.82) is 0 Å². The first-order valence-corrected chi connectivity index (χ1v) is 10.1. The molecule has 2 amide bonds. The molecule has 148 valence electrons. The lowest BCUT2D eigenvalue weighted by Crippen LogP contribution is -2.40. The van der Waals surface area contributed by atoms with Crippen LogP contribution < -0.4 is 15.1 Å². The van der Waals surface area contributed by atoms with Gasteiger partial charge in [0, 0.05) is 37.9 Å². The van der Waals surface area contributed by atoms with Crippen molar-refractivity contribution >= 4 is 23.2 Å². The Kier molecular flexibility index (Phi) is 7.06. The third kappa shape index (κ3) is 5.59. The number of piperidine rings is 1. The van der Waals surface area contributed by atoms with Gasteiger partial charge in [0.05, 0.1) is 0 Å². The molecule has 5 nitrogen and oxygen atoms in total. The topological polar surface area (TPSA) is 52.7 Å². The van der Waals surface area contributed by atoms with Crippen LogP contribution in [0.3, 0.4) is 0 Å². The summed E-state index contributed by atoms with van der Waals surface area (Å²) in [5, 5.41) is 2.91. The van der Waals surface area contributed by atoms with Crippen LogP contribution in [0.2, 0.25) is 0 Å². The highest BCUT2D eigenvalue weighted by atomic mass is 16.2. The second-order valence-electron chi connectivity index (χ2n) is 7.25. The minimum absolute atomic E-state index is 0.0349. The van der Waals surface area contributed by atoms with Crippen LogP contribution in [0.5, 0.6) is 0 Å². The van der Waals surface area contributed by atoms with Gasteiger partial charge in [0.15, 0.2) is 0 Å². The summed E-state index contributed by atoms with van der Waals surface area (Å²) in [4.78, 5) is 28.3. The molecule has 3 rings (SSSR count). The summed E-state index contributed by atoms with van der Waals surface area (Å²) in [5.41, 5.74) is 3.12. The molecular weight excluding hydrogens is 350 g/mol. The van der Waals surface area contributed by atoms with Crippen LogP contribution in [0.1, 0.15) is 31.7 Å². The largest absolute Gasteiger partial charge is 0.372 e. The summed E-state index contributed by atoms with van der Waals surface area (Å²) in [6.45, 7) is 4.25. The number of benzene rings is 2. The fraction of sp³-hybridized carbons (Fsp3) is 0.391. The molecule has 0 atom stereocenters. The molecule has 1 aliphatic heterocycles. The normalized spacial score (nSPS) is 13.8. The van der Waals surface area contributed by atoms with Gasteiger partial charge in [0.25, 0.3) is 0 Å². The maximum Gasteiger partial charge on any atom is 0.240 e. The van der Waals surface area contributed by atoms with Gasteiger partial charge in [0.2, 0.25) is 11.8 Å². The van der Waals surface area contributed by atoms with E-state index in [0.29, 0.717) is 6.54 Å². The van der Waals surface area contributed by atoms with Gasteiger partial charge >= 0.3 is 0 Å². The van der Waals surface area contributed by atoms with E-state index in [0.717, 1.165) is 25.2 Å². The van der Waals surface area contributed by atoms with Crippen LogP contribution in [0, 0.1) is 0 Å². The SMILES string of the molecule is CC(=O)N(CC(=O)NCCc1ccccc1)c1ccc(N2CCCCC2)cc1. The highest BCUT2D eigenvalue weighted by molar-refractivity contribution is 5.97. The van der Waals surface area contributed by atoms with Crippen molar-refractivity contribution in [3.05, 3.63) is 60.2 Å². The number of amides is 2. The van der Waals surface area contributed by atoms with Gasteiger partial charge in [-0.05, 0) is 55.5 Å². The Bertz CT molecular complexity index is 768. The third-order valence-corrected chi connectivity index (χ3v) is 5.14. The highest BCUT2D eigenvalue weighted by Gasteiger charge is 2.17. The van der Waals surface area contributed by atoms with Gasteiger partial charge in [-0.25, -0.2) is 0 Å². The minimum Gasteiger partial charge on any atom is -0.372 e. The maximum absolute atomic E-state index is 12.3. The number of hydrogen-bond acceptors (Lipinski definition) is 3. The van der Waals surface area contributed by atoms with Crippen LogP contribution >= 0.6 is 0 Å². The molecule has 28 heavy (non-hydrogen) atoms. The van der Waals surface area contributed by atoms with E-state index >= 15 is 0 Å². The van der Waals surface area contributed by atoms with Gasteiger partial charge in [0.1, 0.15) is 6.54 Å². The van der Waals surface area contributed by atoms with Crippen molar-refractivity contribution < 1.29 is 9.59 Å². The molecule has 2 aromatic rings. The van der Waals surface area contributed by atoms with Crippen LogP contribution in [-0.2, 0) is 16.0 Å². The van der Waals surface area contributed by atoms with Crippen molar-refractivity contribution in [2.75, 3.05) is 36.0 Å². The Morgan fingerprint density at radius 2 is 1.64 bits per heavy atom. The first-order chi connectivity index (χ1) is 13.6. The smallest absolute Gasteiger partial charge is 0.240 e. The van der Waals surface area contributed by atoms with Gasteiger partial charge in [-0.2, -0.15) is 0 Å². The van der Waals surface area contributed by atoms with Crippen molar-refractivity contribution in [3.8, 4) is 0 Å². The monoisotopic (exact) mass is 379 g/mol. The number of nitrogens with zero attached hydrogens (tertiary/aromatic N) is 2. The van der Waals surface area contributed by atoms with Crippen LogP contribution in [0.15, 0.2) is 54.6 Å². The van der Waals surface area contributed by atoms with Crippen LogP contribution in [-0.4, -0.2) is 38.0 Å². The summed E-state index contributed by atoms with van der Waals surface area (Å²) >= 11 is 0. The van der Waals surface area contributed by atoms with E-state index in [-0.39, 0.29) is 18.4 Å². The molecule has 0 aliphatic carbocycles. The molecule has 1 N–H and O–H groups in total. The van der Waals surface area contributed by atoms with E-state index in [9.17, 15) is 9.59 Å². The lowest BCUT2D eigenvalue weighted by molar-refractivity contribution is -0.123. The second kappa shape index (κ2) is 9.93. The van der Waals surface area contributed by atoms with Gasteiger partial charge in [-0.3, -0.25) is 9.59 Å². The molecule has 1 aliphatic rings. The van der Waals surface area contributed by atoms with E-state index in [1.54, 1.807) is 0 Å². The molecule has 0 aromatic heterocycles. The first kappa shape index (κ1) is 19.9. The van der Waals surface area contributed by atoms with E-state index in [4.69, 9.17) is 0 Å². The van der Waals surface area contributed by atoms with Crippen LogP contribution in [0.25, 0.3) is 0 Å². The number of hydrogen-bond donors (Lipinski definition) is 1. The fourth-order valence-corrected chi connectivity index (χ4v) is 3.57. The summed E-state index contributed by atoms with van der Waals surface area (Å²) in [5.74, 6) is -0.282. The molecule has 0 bridgehead atoms. The summed E-state index contributed by atoms with van der Waals surface area (Å²) < 4.78 is 0. The minimum atomic E-state index is -0.147. The third-order valence-electron chi connectivity index (χ3n) is 5.14. The average Bonchev–Trinajstić information content (AvgIpc) is 2.73. The average molecular weight is 380 g/mol. The summed E-state index contributed by atoms with van der Waals surface area (Å²) in [6.07, 6.45) is 4.53. The lowest BCUT2D eigenvalue weighted by atomic mass is 10.1. The Hall–Kier alpha value is -2.82. The number of nitrogens with one attached hydrogen (secondary N) is 1. The summed E-state index contributed by atoms with van der Waals surface area (Å²) in [6, 6.07) is 18.0. The molecule has 0 unspecified atom stereocenters. The molecule has 1 heterocycles. The molecule has 0 saturated carbocycles. The molecule has 0 radical (unpaired) electrons. The highest BCUT2D eigenvalue weighted by Crippen LogP contribution is 2.23. The van der Waals surface area contributed by atoms with Gasteiger partial charge in [-0.1, -0.05) is 30.3 Å². The van der Waals surface area contributed by atoms with Crippen molar-refractivity contribution in [1.82, 2.24) is 5.32 Å². The molecular formula is C23H29N3O2. The number of rotatable bonds is 7. The zero-order valence-corrected chi connectivity index (χ0v) is 16.6. The maximum atomic E-state index is 12.3. The predicted molar refractivity (Wildman–Crippen MR) is 114 cm³/mol. The Morgan fingerprint density at radius 1 is 0.964 bits per heavy atom.